The Morgan fingerprint density at radius 2 is 2.00 bits per heavy atom. The highest BCUT2D eigenvalue weighted by Gasteiger charge is 2.12. The fourth-order valence-corrected chi connectivity index (χ4v) is 1.89. The molecule has 0 saturated heterocycles. The molecule has 0 fully saturated rings. The number of ether oxygens (including phenoxy) is 2. The zero-order valence-corrected chi connectivity index (χ0v) is 10.6. The topological polar surface area (TPSA) is 42.9 Å². The van der Waals surface area contributed by atoms with Crippen molar-refractivity contribution in [2.45, 2.75) is 6.92 Å². The monoisotopic (exact) mass is 254 g/mol. The maximum absolute atomic E-state index is 5.32. The quantitative estimate of drug-likeness (QED) is 0.675. The highest BCUT2D eigenvalue weighted by Crippen LogP contribution is 2.31. The molecule has 0 unspecified atom stereocenters. The van der Waals surface area contributed by atoms with Crippen LogP contribution in [0.2, 0.25) is 0 Å². The molecule has 0 spiro atoms. The van der Waals surface area contributed by atoms with Gasteiger partial charge in [0.2, 0.25) is 6.79 Å². The van der Waals surface area contributed by atoms with Crippen LogP contribution in [0.5, 0.6) is 11.5 Å². The van der Waals surface area contributed by atoms with Crippen molar-refractivity contribution in [2.75, 3.05) is 12.2 Å². The maximum atomic E-state index is 5.32. The minimum atomic E-state index is 0.289. The van der Waals surface area contributed by atoms with Crippen LogP contribution in [0.25, 0.3) is 0 Å². The molecule has 4 nitrogen and oxygen atoms in total. The number of hydrazone groups is 1. The lowest BCUT2D eigenvalue weighted by atomic mass is 10.2. The lowest BCUT2D eigenvalue weighted by molar-refractivity contribution is 0.174. The first-order chi connectivity index (χ1) is 9.31. The Balaban J connectivity index is 1.69. The molecule has 0 amide bonds. The number of nitrogens with zero attached hydrogens (tertiary/aromatic N) is 1. The SMILES string of the molecule is Cc1cccc(N/N=C/c2ccc3c(c2)OCO3)c1. The number of nitrogens with one attached hydrogen (secondary N) is 1. The predicted molar refractivity (Wildman–Crippen MR) is 75.0 cm³/mol. The minimum absolute atomic E-state index is 0.289. The Morgan fingerprint density at radius 3 is 2.89 bits per heavy atom. The van der Waals surface area contributed by atoms with Crippen LogP contribution in [0, 0.1) is 6.92 Å². The van der Waals surface area contributed by atoms with Crippen LogP contribution in [-0.2, 0) is 0 Å². The summed E-state index contributed by atoms with van der Waals surface area (Å²) in [4.78, 5) is 0. The van der Waals surface area contributed by atoms with Crippen molar-refractivity contribution >= 4 is 11.9 Å². The molecule has 2 aromatic rings. The van der Waals surface area contributed by atoms with Crippen molar-refractivity contribution in [3.63, 3.8) is 0 Å². The third-order valence-electron chi connectivity index (χ3n) is 2.82. The van der Waals surface area contributed by atoms with E-state index in [1.165, 1.54) is 5.56 Å². The Bertz CT molecular complexity index is 623. The van der Waals surface area contributed by atoms with Gasteiger partial charge in [-0.3, -0.25) is 5.43 Å². The molecule has 0 aromatic heterocycles. The molecule has 1 N–H and O–H groups in total. The van der Waals surface area contributed by atoms with E-state index < -0.39 is 0 Å². The van der Waals surface area contributed by atoms with Crippen molar-refractivity contribution < 1.29 is 9.47 Å². The summed E-state index contributed by atoms with van der Waals surface area (Å²) in [5.41, 5.74) is 6.13. The molecule has 0 saturated carbocycles. The maximum Gasteiger partial charge on any atom is 0.231 e. The zero-order valence-electron chi connectivity index (χ0n) is 10.6. The van der Waals surface area contributed by atoms with Gasteiger partial charge in [0.15, 0.2) is 11.5 Å². The van der Waals surface area contributed by atoms with E-state index in [-0.39, 0.29) is 6.79 Å². The Labute approximate surface area is 111 Å². The summed E-state index contributed by atoms with van der Waals surface area (Å²) < 4.78 is 10.6. The number of hydrogen-bond donors (Lipinski definition) is 1. The molecule has 1 aliphatic rings. The van der Waals surface area contributed by atoms with Crippen LogP contribution in [0.3, 0.4) is 0 Å². The molecule has 1 aliphatic heterocycles. The van der Waals surface area contributed by atoms with Crippen molar-refractivity contribution in [3.8, 4) is 11.5 Å². The molecule has 0 bridgehead atoms. The second-order valence-electron chi connectivity index (χ2n) is 4.35. The van der Waals surface area contributed by atoms with E-state index in [1.54, 1.807) is 6.21 Å². The van der Waals surface area contributed by atoms with Crippen LogP contribution in [0.15, 0.2) is 47.6 Å². The van der Waals surface area contributed by atoms with E-state index in [4.69, 9.17) is 9.47 Å². The molecule has 0 atom stereocenters. The van der Waals surface area contributed by atoms with Gasteiger partial charge in [0.05, 0.1) is 11.9 Å². The molecular weight excluding hydrogens is 240 g/mol. The second kappa shape index (κ2) is 5.02. The number of fused-ring (bicyclic) bond motifs is 1. The molecule has 3 rings (SSSR count). The smallest absolute Gasteiger partial charge is 0.231 e. The highest BCUT2D eigenvalue weighted by atomic mass is 16.7. The number of rotatable bonds is 3. The Hall–Kier alpha value is -2.49. The highest BCUT2D eigenvalue weighted by molar-refractivity contribution is 5.81. The average molecular weight is 254 g/mol. The summed E-state index contributed by atoms with van der Waals surface area (Å²) in [7, 11) is 0. The first kappa shape index (κ1) is 11.6. The molecule has 4 heteroatoms. The van der Waals surface area contributed by atoms with Crippen molar-refractivity contribution in [3.05, 3.63) is 53.6 Å². The standard InChI is InChI=1S/C15H14N2O2/c1-11-3-2-4-13(7-11)17-16-9-12-5-6-14-15(8-12)19-10-18-14/h2-9,17H,10H2,1H3/b16-9+. The number of hydrogen-bond acceptors (Lipinski definition) is 4. The van der Waals surface area contributed by atoms with Crippen LogP contribution in [0.1, 0.15) is 11.1 Å². The van der Waals surface area contributed by atoms with E-state index in [0.717, 1.165) is 22.7 Å². The summed E-state index contributed by atoms with van der Waals surface area (Å²) >= 11 is 0. The van der Waals surface area contributed by atoms with Crippen molar-refractivity contribution in [1.29, 1.82) is 0 Å². The van der Waals surface area contributed by atoms with Gasteiger partial charge in [0, 0.05) is 0 Å². The van der Waals surface area contributed by atoms with Crippen LogP contribution < -0.4 is 14.9 Å². The summed E-state index contributed by atoms with van der Waals surface area (Å²) in [5, 5.41) is 4.21. The van der Waals surface area contributed by atoms with E-state index >= 15 is 0 Å². The van der Waals surface area contributed by atoms with E-state index in [9.17, 15) is 0 Å². The van der Waals surface area contributed by atoms with Gasteiger partial charge in [0.25, 0.3) is 0 Å². The van der Waals surface area contributed by atoms with Crippen molar-refractivity contribution in [1.82, 2.24) is 0 Å². The van der Waals surface area contributed by atoms with Gasteiger partial charge in [-0.25, -0.2) is 0 Å². The van der Waals surface area contributed by atoms with Crippen molar-refractivity contribution in [2.24, 2.45) is 5.10 Å². The van der Waals surface area contributed by atoms with Gasteiger partial charge >= 0.3 is 0 Å². The third-order valence-corrected chi connectivity index (χ3v) is 2.82. The lowest BCUT2D eigenvalue weighted by Gasteiger charge is -2.01. The summed E-state index contributed by atoms with van der Waals surface area (Å²) in [6.07, 6.45) is 1.75. The van der Waals surface area contributed by atoms with Gasteiger partial charge in [-0.2, -0.15) is 5.10 Å². The first-order valence-electron chi connectivity index (χ1n) is 6.07. The molecule has 19 heavy (non-hydrogen) atoms. The van der Waals surface area contributed by atoms with E-state index in [0.29, 0.717) is 0 Å². The Morgan fingerprint density at radius 1 is 1.11 bits per heavy atom. The molecular formula is C15H14N2O2. The van der Waals surface area contributed by atoms with Crippen LogP contribution >= 0.6 is 0 Å². The van der Waals surface area contributed by atoms with Crippen LogP contribution in [-0.4, -0.2) is 13.0 Å². The first-order valence-corrected chi connectivity index (χ1v) is 6.07. The largest absolute Gasteiger partial charge is 0.454 e. The zero-order chi connectivity index (χ0) is 13.1. The minimum Gasteiger partial charge on any atom is -0.454 e. The third kappa shape index (κ3) is 2.68. The summed E-state index contributed by atoms with van der Waals surface area (Å²) in [5.74, 6) is 1.54. The molecule has 96 valence electrons. The summed E-state index contributed by atoms with van der Waals surface area (Å²) in [6.45, 7) is 2.34. The van der Waals surface area contributed by atoms with Gasteiger partial charge in [-0.05, 0) is 48.4 Å². The fourth-order valence-electron chi connectivity index (χ4n) is 1.89. The number of aryl methyl sites for hydroxylation is 1. The normalized spacial score (nSPS) is 12.9. The van der Waals surface area contributed by atoms with Gasteiger partial charge in [0.1, 0.15) is 0 Å². The molecule has 0 aliphatic carbocycles. The number of benzene rings is 2. The van der Waals surface area contributed by atoms with Gasteiger partial charge < -0.3 is 9.47 Å². The van der Waals surface area contributed by atoms with Gasteiger partial charge in [-0.1, -0.05) is 12.1 Å². The number of anilines is 1. The average Bonchev–Trinajstić information content (AvgIpc) is 2.86. The fraction of sp³-hybridized carbons (Fsp3) is 0.133. The van der Waals surface area contributed by atoms with Gasteiger partial charge in [-0.15, -0.1) is 0 Å². The summed E-state index contributed by atoms with van der Waals surface area (Å²) in [6, 6.07) is 13.8. The van der Waals surface area contributed by atoms with E-state index in [1.807, 2.05) is 49.4 Å². The second-order valence-corrected chi connectivity index (χ2v) is 4.35. The molecule has 0 radical (unpaired) electrons. The molecule has 2 aromatic carbocycles. The lowest BCUT2D eigenvalue weighted by Crippen LogP contribution is -1.93. The van der Waals surface area contributed by atoms with E-state index in [2.05, 4.69) is 10.5 Å². The van der Waals surface area contributed by atoms with Crippen LogP contribution in [0.4, 0.5) is 5.69 Å². The molecule has 1 heterocycles. The Kier molecular flexibility index (Phi) is 3.06. The predicted octanol–water partition coefficient (Wildman–Crippen LogP) is 3.17.